The summed E-state index contributed by atoms with van der Waals surface area (Å²) in [4.78, 5) is 11.8. The number of nitrogens with zero attached hydrogens (tertiary/aromatic N) is 3. The molecule has 1 aromatic heterocycles. The second-order valence-corrected chi connectivity index (χ2v) is 5.89. The predicted molar refractivity (Wildman–Crippen MR) is 94.4 cm³/mol. The maximum absolute atomic E-state index is 4.71. The summed E-state index contributed by atoms with van der Waals surface area (Å²) in [7, 11) is 0. The van der Waals surface area contributed by atoms with Crippen LogP contribution in [0.15, 0.2) is 0 Å². The summed E-state index contributed by atoms with van der Waals surface area (Å²) in [6.45, 7) is 12.9. The van der Waals surface area contributed by atoms with Crippen LogP contribution in [0.2, 0.25) is 0 Å². The number of hydrogen-bond acceptors (Lipinski definition) is 4. The molecule has 0 amide bonds. The summed E-state index contributed by atoms with van der Waals surface area (Å²) in [5, 5.41) is 3.42. The van der Waals surface area contributed by atoms with Crippen molar-refractivity contribution in [3.8, 4) is 0 Å². The standard InChI is InChI=1S/C15H27IN4/c1-5-10-17-15-14(16)12(6-2)18-13(19-15)9-11-20(7-3)8-4/h5-11H2,1-4H3,(H,17,18,19). The molecule has 114 valence electrons. The monoisotopic (exact) mass is 390 g/mol. The minimum absolute atomic E-state index is 0.923. The lowest BCUT2D eigenvalue weighted by molar-refractivity contribution is 0.305. The number of nitrogens with one attached hydrogen (secondary N) is 1. The fourth-order valence-corrected chi connectivity index (χ4v) is 2.86. The lowest BCUT2D eigenvalue weighted by atomic mass is 10.3. The molecule has 0 fully saturated rings. The Morgan fingerprint density at radius 2 is 1.80 bits per heavy atom. The van der Waals surface area contributed by atoms with E-state index in [2.05, 4.69) is 60.5 Å². The average Bonchev–Trinajstić information content (AvgIpc) is 2.48. The fraction of sp³-hybridized carbons (Fsp3) is 0.733. The van der Waals surface area contributed by atoms with Gasteiger partial charge >= 0.3 is 0 Å². The van der Waals surface area contributed by atoms with E-state index in [0.29, 0.717) is 0 Å². The second kappa shape index (κ2) is 9.50. The first-order chi connectivity index (χ1) is 9.65. The van der Waals surface area contributed by atoms with Crippen LogP contribution in [-0.2, 0) is 12.8 Å². The van der Waals surface area contributed by atoms with Gasteiger partial charge in [0.25, 0.3) is 0 Å². The van der Waals surface area contributed by atoms with E-state index in [0.717, 1.165) is 62.8 Å². The molecular weight excluding hydrogens is 363 g/mol. The highest BCUT2D eigenvalue weighted by Gasteiger charge is 2.11. The van der Waals surface area contributed by atoms with Gasteiger partial charge in [0, 0.05) is 19.5 Å². The maximum atomic E-state index is 4.71. The molecular formula is C15H27IN4. The van der Waals surface area contributed by atoms with Crippen molar-refractivity contribution in [3.63, 3.8) is 0 Å². The Kier molecular flexibility index (Phi) is 8.37. The highest BCUT2D eigenvalue weighted by atomic mass is 127. The van der Waals surface area contributed by atoms with Crippen LogP contribution < -0.4 is 5.32 Å². The zero-order valence-electron chi connectivity index (χ0n) is 13.2. The Hall–Kier alpha value is -0.430. The van der Waals surface area contributed by atoms with Crippen molar-refractivity contribution in [1.29, 1.82) is 0 Å². The van der Waals surface area contributed by atoms with Gasteiger partial charge in [0.15, 0.2) is 0 Å². The lowest BCUT2D eigenvalue weighted by Crippen LogP contribution is -2.26. The first-order valence-electron chi connectivity index (χ1n) is 7.67. The summed E-state index contributed by atoms with van der Waals surface area (Å²) in [6, 6.07) is 0. The van der Waals surface area contributed by atoms with Crippen molar-refractivity contribution in [1.82, 2.24) is 14.9 Å². The molecule has 5 heteroatoms. The molecule has 0 saturated heterocycles. The van der Waals surface area contributed by atoms with Crippen LogP contribution in [0.4, 0.5) is 5.82 Å². The topological polar surface area (TPSA) is 41.1 Å². The Balaban J connectivity index is 2.84. The molecule has 0 bridgehead atoms. The Morgan fingerprint density at radius 1 is 1.10 bits per heavy atom. The van der Waals surface area contributed by atoms with Gasteiger partial charge in [-0.05, 0) is 48.5 Å². The van der Waals surface area contributed by atoms with E-state index in [1.54, 1.807) is 0 Å². The molecule has 0 aliphatic rings. The Morgan fingerprint density at radius 3 is 2.35 bits per heavy atom. The van der Waals surface area contributed by atoms with Crippen molar-refractivity contribution in [3.05, 3.63) is 15.1 Å². The molecule has 1 aromatic rings. The number of halogens is 1. The van der Waals surface area contributed by atoms with Gasteiger partial charge in [-0.25, -0.2) is 9.97 Å². The molecule has 4 nitrogen and oxygen atoms in total. The van der Waals surface area contributed by atoms with Gasteiger partial charge in [0.2, 0.25) is 0 Å². The van der Waals surface area contributed by atoms with E-state index in [9.17, 15) is 0 Å². The average molecular weight is 390 g/mol. The predicted octanol–water partition coefficient (Wildman–Crippen LogP) is 3.35. The molecule has 0 radical (unpaired) electrons. The molecule has 1 rings (SSSR count). The number of aryl methyl sites for hydroxylation is 1. The van der Waals surface area contributed by atoms with Crippen molar-refractivity contribution in [2.75, 3.05) is 31.5 Å². The summed E-state index contributed by atoms with van der Waals surface area (Å²) < 4.78 is 1.17. The quantitative estimate of drug-likeness (QED) is 0.657. The molecule has 0 unspecified atom stereocenters. The lowest BCUT2D eigenvalue weighted by Gasteiger charge is -2.18. The number of hydrogen-bond donors (Lipinski definition) is 1. The fourth-order valence-electron chi connectivity index (χ4n) is 2.05. The van der Waals surface area contributed by atoms with Gasteiger partial charge in [-0.1, -0.05) is 27.7 Å². The van der Waals surface area contributed by atoms with Crippen LogP contribution in [0.3, 0.4) is 0 Å². The summed E-state index contributed by atoms with van der Waals surface area (Å²) in [5.41, 5.74) is 1.16. The van der Waals surface area contributed by atoms with Gasteiger partial charge in [-0.15, -0.1) is 0 Å². The van der Waals surface area contributed by atoms with Gasteiger partial charge in [0.1, 0.15) is 11.6 Å². The van der Waals surface area contributed by atoms with E-state index < -0.39 is 0 Å². The molecule has 0 spiro atoms. The van der Waals surface area contributed by atoms with Gasteiger partial charge in [-0.2, -0.15) is 0 Å². The molecule has 0 saturated carbocycles. The number of anilines is 1. The van der Waals surface area contributed by atoms with Crippen LogP contribution in [0, 0.1) is 3.57 Å². The maximum Gasteiger partial charge on any atom is 0.143 e. The number of rotatable bonds is 9. The summed E-state index contributed by atoms with van der Waals surface area (Å²) >= 11 is 2.36. The largest absolute Gasteiger partial charge is 0.369 e. The molecule has 0 aliphatic heterocycles. The van der Waals surface area contributed by atoms with Gasteiger partial charge in [-0.3, -0.25) is 0 Å². The van der Waals surface area contributed by atoms with Gasteiger partial charge < -0.3 is 10.2 Å². The van der Waals surface area contributed by atoms with Crippen LogP contribution >= 0.6 is 22.6 Å². The van der Waals surface area contributed by atoms with Crippen molar-refractivity contribution in [2.45, 2.75) is 47.0 Å². The molecule has 0 aromatic carbocycles. The summed E-state index contributed by atoms with van der Waals surface area (Å²) in [5.74, 6) is 1.97. The molecule has 20 heavy (non-hydrogen) atoms. The molecule has 0 aliphatic carbocycles. The van der Waals surface area contributed by atoms with Crippen molar-refractivity contribution in [2.24, 2.45) is 0 Å². The Labute approximate surface area is 136 Å². The third-order valence-electron chi connectivity index (χ3n) is 3.39. The number of aromatic nitrogens is 2. The van der Waals surface area contributed by atoms with Crippen LogP contribution in [0.25, 0.3) is 0 Å². The zero-order chi connectivity index (χ0) is 15.0. The van der Waals surface area contributed by atoms with Crippen molar-refractivity contribution < 1.29 is 0 Å². The van der Waals surface area contributed by atoms with E-state index in [-0.39, 0.29) is 0 Å². The van der Waals surface area contributed by atoms with E-state index >= 15 is 0 Å². The van der Waals surface area contributed by atoms with Crippen LogP contribution in [-0.4, -0.2) is 41.0 Å². The minimum Gasteiger partial charge on any atom is -0.369 e. The first-order valence-corrected chi connectivity index (χ1v) is 8.75. The van der Waals surface area contributed by atoms with Crippen molar-refractivity contribution >= 4 is 28.4 Å². The highest BCUT2D eigenvalue weighted by molar-refractivity contribution is 14.1. The van der Waals surface area contributed by atoms with E-state index in [1.807, 2.05) is 0 Å². The number of likely N-dealkylation sites (N-methyl/N-ethyl adjacent to an activating group) is 1. The third-order valence-corrected chi connectivity index (χ3v) is 4.52. The van der Waals surface area contributed by atoms with E-state index in [1.165, 1.54) is 3.57 Å². The van der Waals surface area contributed by atoms with Crippen LogP contribution in [0.1, 0.15) is 45.6 Å². The van der Waals surface area contributed by atoms with E-state index in [4.69, 9.17) is 9.97 Å². The third kappa shape index (κ3) is 5.16. The molecule has 1 N–H and O–H groups in total. The molecule has 1 heterocycles. The SMILES string of the molecule is CCCNc1nc(CCN(CC)CC)nc(CC)c1I. The second-order valence-electron chi connectivity index (χ2n) is 4.81. The highest BCUT2D eigenvalue weighted by Crippen LogP contribution is 2.20. The van der Waals surface area contributed by atoms with Crippen LogP contribution in [0.5, 0.6) is 0 Å². The Bertz CT molecular complexity index is 405. The normalized spacial score (nSPS) is 11.1. The summed E-state index contributed by atoms with van der Waals surface area (Å²) in [6.07, 6.45) is 2.99. The van der Waals surface area contributed by atoms with Gasteiger partial charge in [0.05, 0.1) is 9.26 Å². The zero-order valence-corrected chi connectivity index (χ0v) is 15.3. The smallest absolute Gasteiger partial charge is 0.143 e. The molecule has 0 atom stereocenters. The minimum atomic E-state index is 0.923. The first kappa shape index (κ1) is 17.6.